The number of thiazole rings is 1. The maximum atomic E-state index is 11.5. The second-order valence-corrected chi connectivity index (χ2v) is 6.49. The number of aryl methyl sites for hydroxylation is 1. The Kier molecular flexibility index (Phi) is 4.39. The van der Waals surface area contributed by atoms with E-state index in [2.05, 4.69) is 30.1 Å². The predicted octanol–water partition coefficient (Wildman–Crippen LogP) is 0.482. The normalized spacial score (nSPS) is 16.1. The molecule has 3 rings (SSSR count). The van der Waals surface area contributed by atoms with Crippen LogP contribution in [0.1, 0.15) is 10.7 Å². The number of rotatable bonds is 4. The molecule has 2 aromatic rings. The summed E-state index contributed by atoms with van der Waals surface area (Å²) in [4.78, 5) is 27.1. The van der Waals surface area contributed by atoms with Gasteiger partial charge in [0.25, 0.3) is 5.56 Å². The number of nitrogen functional groups attached to an aromatic ring is 1. The zero-order valence-electron chi connectivity index (χ0n) is 12.6. The Morgan fingerprint density at radius 3 is 2.73 bits per heavy atom. The topological polar surface area (TPSA) is 91.1 Å². The van der Waals surface area contributed by atoms with Gasteiger partial charge in [-0.3, -0.25) is 14.7 Å². The Morgan fingerprint density at radius 2 is 2.09 bits per heavy atom. The average molecular weight is 320 g/mol. The zero-order valence-corrected chi connectivity index (χ0v) is 13.4. The highest BCUT2D eigenvalue weighted by Crippen LogP contribution is 2.13. The van der Waals surface area contributed by atoms with Crippen molar-refractivity contribution in [1.29, 1.82) is 0 Å². The van der Waals surface area contributed by atoms with Crippen molar-refractivity contribution in [2.75, 3.05) is 43.4 Å². The van der Waals surface area contributed by atoms with Crippen LogP contribution in [-0.4, -0.2) is 52.6 Å². The Balaban J connectivity index is 1.52. The van der Waals surface area contributed by atoms with E-state index in [0.717, 1.165) is 44.2 Å². The summed E-state index contributed by atoms with van der Waals surface area (Å²) in [6.45, 7) is 6.67. The largest absolute Gasteiger partial charge is 0.369 e. The van der Waals surface area contributed by atoms with Crippen molar-refractivity contribution >= 4 is 23.1 Å². The van der Waals surface area contributed by atoms with Crippen molar-refractivity contribution in [1.82, 2.24) is 19.9 Å². The molecule has 0 aliphatic carbocycles. The van der Waals surface area contributed by atoms with Gasteiger partial charge in [0.1, 0.15) is 5.82 Å². The molecule has 0 aromatic carbocycles. The van der Waals surface area contributed by atoms with Crippen molar-refractivity contribution in [3.63, 3.8) is 0 Å². The Bertz CT molecular complexity index is 689. The highest BCUT2D eigenvalue weighted by molar-refractivity contribution is 7.09. The van der Waals surface area contributed by atoms with E-state index in [1.54, 1.807) is 11.3 Å². The predicted molar refractivity (Wildman–Crippen MR) is 88.5 cm³/mol. The lowest BCUT2D eigenvalue weighted by Crippen LogP contribution is -2.47. The third kappa shape index (κ3) is 3.63. The van der Waals surface area contributed by atoms with Crippen molar-refractivity contribution < 1.29 is 0 Å². The van der Waals surface area contributed by atoms with Crippen molar-refractivity contribution in [3.8, 4) is 0 Å². The summed E-state index contributed by atoms with van der Waals surface area (Å²) in [5.41, 5.74) is 6.57. The van der Waals surface area contributed by atoms with Crippen molar-refractivity contribution in [2.45, 2.75) is 13.3 Å². The molecular weight excluding hydrogens is 300 g/mol. The highest BCUT2D eigenvalue weighted by atomic mass is 32.1. The SMILES string of the molecule is Cc1nc(CCN2CCN(c3cc(=O)[nH]c(N)n3)CC2)cs1. The van der Waals surface area contributed by atoms with Gasteiger partial charge < -0.3 is 10.6 Å². The van der Waals surface area contributed by atoms with Gasteiger partial charge in [-0.25, -0.2) is 4.98 Å². The van der Waals surface area contributed by atoms with E-state index in [9.17, 15) is 4.79 Å². The molecule has 7 nitrogen and oxygen atoms in total. The molecule has 2 aromatic heterocycles. The van der Waals surface area contributed by atoms with Gasteiger partial charge in [0.05, 0.1) is 10.7 Å². The third-order valence-electron chi connectivity index (χ3n) is 3.79. The highest BCUT2D eigenvalue weighted by Gasteiger charge is 2.18. The summed E-state index contributed by atoms with van der Waals surface area (Å²) in [5.74, 6) is 0.833. The zero-order chi connectivity index (χ0) is 15.5. The van der Waals surface area contributed by atoms with Gasteiger partial charge in [0.15, 0.2) is 0 Å². The molecule has 22 heavy (non-hydrogen) atoms. The monoisotopic (exact) mass is 320 g/mol. The summed E-state index contributed by atoms with van der Waals surface area (Å²) in [7, 11) is 0. The van der Waals surface area contributed by atoms with Crippen LogP contribution < -0.4 is 16.2 Å². The summed E-state index contributed by atoms with van der Waals surface area (Å²) in [6, 6.07) is 1.50. The van der Waals surface area contributed by atoms with Gasteiger partial charge in [-0.2, -0.15) is 4.98 Å². The number of nitrogens with one attached hydrogen (secondary N) is 1. The lowest BCUT2D eigenvalue weighted by Gasteiger charge is -2.35. The van der Waals surface area contributed by atoms with Crippen LogP contribution in [0.15, 0.2) is 16.2 Å². The van der Waals surface area contributed by atoms with Crippen LogP contribution in [0.3, 0.4) is 0 Å². The second kappa shape index (κ2) is 6.45. The number of hydrogen-bond acceptors (Lipinski definition) is 7. The fourth-order valence-corrected chi connectivity index (χ4v) is 3.27. The Morgan fingerprint density at radius 1 is 1.32 bits per heavy atom. The molecule has 0 radical (unpaired) electrons. The molecule has 1 saturated heterocycles. The summed E-state index contributed by atoms with van der Waals surface area (Å²) >= 11 is 1.70. The molecule has 0 bridgehead atoms. The molecule has 0 atom stereocenters. The van der Waals surface area contributed by atoms with Crippen molar-refractivity contribution in [3.05, 3.63) is 32.5 Å². The summed E-state index contributed by atoms with van der Waals surface area (Å²) in [5, 5.41) is 3.26. The smallest absolute Gasteiger partial charge is 0.254 e. The van der Waals surface area contributed by atoms with Gasteiger partial charge in [0, 0.05) is 50.6 Å². The van der Waals surface area contributed by atoms with Gasteiger partial charge in [0.2, 0.25) is 5.95 Å². The molecule has 0 spiro atoms. The first-order valence-electron chi connectivity index (χ1n) is 7.35. The van der Waals surface area contributed by atoms with Gasteiger partial charge >= 0.3 is 0 Å². The maximum absolute atomic E-state index is 11.5. The number of piperazine rings is 1. The molecule has 3 N–H and O–H groups in total. The molecule has 1 fully saturated rings. The molecule has 8 heteroatoms. The number of H-pyrrole nitrogens is 1. The van der Waals surface area contributed by atoms with Gasteiger partial charge in [-0.15, -0.1) is 11.3 Å². The number of aromatic amines is 1. The van der Waals surface area contributed by atoms with E-state index in [4.69, 9.17) is 5.73 Å². The Labute approximate surface area is 132 Å². The van der Waals surface area contributed by atoms with E-state index in [0.29, 0.717) is 5.82 Å². The standard InChI is InChI=1S/C14H20N6OS/c1-10-16-11(9-22-10)2-3-19-4-6-20(7-5-19)12-8-13(21)18-14(15)17-12/h8-9H,2-7H2,1H3,(H3,15,17,18,21). The fraction of sp³-hybridized carbons (Fsp3) is 0.500. The van der Waals surface area contributed by atoms with Crippen LogP contribution in [-0.2, 0) is 6.42 Å². The number of nitrogens with two attached hydrogens (primary N) is 1. The van der Waals surface area contributed by atoms with E-state index in [1.807, 2.05) is 6.92 Å². The third-order valence-corrected chi connectivity index (χ3v) is 4.62. The lowest BCUT2D eigenvalue weighted by molar-refractivity contribution is 0.260. The molecule has 1 aliphatic heterocycles. The van der Waals surface area contributed by atoms with E-state index < -0.39 is 0 Å². The number of nitrogens with zero attached hydrogens (tertiary/aromatic N) is 4. The molecule has 118 valence electrons. The second-order valence-electron chi connectivity index (χ2n) is 5.43. The van der Waals surface area contributed by atoms with Gasteiger partial charge in [-0.05, 0) is 6.92 Å². The van der Waals surface area contributed by atoms with Crippen LogP contribution in [0.5, 0.6) is 0 Å². The molecule has 0 unspecified atom stereocenters. The molecule has 0 amide bonds. The number of anilines is 2. The van der Waals surface area contributed by atoms with Crippen molar-refractivity contribution in [2.24, 2.45) is 0 Å². The van der Waals surface area contributed by atoms with E-state index >= 15 is 0 Å². The van der Waals surface area contributed by atoms with Gasteiger partial charge in [-0.1, -0.05) is 0 Å². The maximum Gasteiger partial charge on any atom is 0.254 e. The number of aromatic nitrogens is 3. The van der Waals surface area contributed by atoms with Crippen LogP contribution in [0.2, 0.25) is 0 Å². The summed E-state index contributed by atoms with van der Waals surface area (Å²) in [6.07, 6.45) is 0.987. The van der Waals surface area contributed by atoms with Crippen LogP contribution in [0, 0.1) is 6.92 Å². The quantitative estimate of drug-likeness (QED) is 0.851. The Hall–Kier alpha value is -1.93. The van der Waals surface area contributed by atoms with Crippen LogP contribution in [0.25, 0.3) is 0 Å². The molecule has 0 saturated carbocycles. The first kappa shape index (κ1) is 15.0. The van der Waals surface area contributed by atoms with Crippen LogP contribution >= 0.6 is 11.3 Å². The van der Waals surface area contributed by atoms with E-state index in [-0.39, 0.29) is 11.5 Å². The fourth-order valence-electron chi connectivity index (χ4n) is 2.62. The molecule has 1 aliphatic rings. The van der Waals surface area contributed by atoms with E-state index in [1.165, 1.54) is 11.8 Å². The first-order chi connectivity index (χ1) is 10.6. The molecular formula is C14H20N6OS. The minimum absolute atomic E-state index is 0.170. The number of hydrogen-bond donors (Lipinski definition) is 2. The lowest BCUT2D eigenvalue weighted by atomic mass is 10.2. The summed E-state index contributed by atoms with van der Waals surface area (Å²) < 4.78 is 0. The van der Waals surface area contributed by atoms with Crippen LogP contribution in [0.4, 0.5) is 11.8 Å². The minimum Gasteiger partial charge on any atom is -0.369 e. The first-order valence-corrected chi connectivity index (χ1v) is 8.23. The minimum atomic E-state index is -0.205. The average Bonchev–Trinajstić information content (AvgIpc) is 2.90. The molecule has 3 heterocycles.